The van der Waals surface area contributed by atoms with Crippen molar-refractivity contribution in [2.45, 2.75) is 64.9 Å². The number of Topliss-reactive ketones (excluding diaryl/α,β-unsaturated/α-hetero) is 1. The first-order valence-electron chi connectivity index (χ1n) is 7.26. The zero-order valence-corrected chi connectivity index (χ0v) is 13.0. The first-order valence-corrected chi connectivity index (χ1v) is 7.26. The van der Waals surface area contributed by atoms with E-state index in [4.69, 9.17) is 4.89 Å². The van der Waals surface area contributed by atoms with Gasteiger partial charge in [0.25, 0.3) is 0 Å². The van der Waals surface area contributed by atoms with Crippen LogP contribution in [-0.4, -0.2) is 11.0 Å². The van der Waals surface area contributed by atoms with Crippen molar-refractivity contribution < 1.29 is 14.9 Å². The molecule has 0 radical (unpaired) electrons. The van der Waals surface area contributed by atoms with Gasteiger partial charge in [0.15, 0.2) is 5.78 Å². The molecular formula is C17H24O3. The zero-order chi connectivity index (χ0) is 15.1. The van der Waals surface area contributed by atoms with E-state index in [9.17, 15) is 10.1 Å². The van der Waals surface area contributed by atoms with Crippen molar-refractivity contribution in [1.82, 2.24) is 0 Å². The van der Waals surface area contributed by atoms with Gasteiger partial charge in [-0.15, -0.1) is 0 Å². The van der Waals surface area contributed by atoms with E-state index in [1.54, 1.807) is 6.92 Å². The van der Waals surface area contributed by atoms with Crippen LogP contribution in [0.5, 0.6) is 0 Å². The van der Waals surface area contributed by atoms with Crippen LogP contribution in [0.1, 0.15) is 74.0 Å². The summed E-state index contributed by atoms with van der Waals surface area (Å²) in [6.45, 7) is 9.96. The molecule has 1 aromatic carbocycles. The van der Waals surface area contributed by atoms with E-state index in [0.717, 1.165) is 29.5 Å². The molecule has 0 spiro atoms. The van der Waals surface area contributed by atoms with E-state index in [-0.39, 0.29) is 11.2 Å². The first-order chi connectivity index (χ1) is 9.27. The highest BCUT2D eigenvalue weighted by Crippen LogP contribution is 2.48. The molecule has 2 rings (SSSR count). The Morgan fingerprint density at radius 3 is 2.45 bits per heavy atom. The lowest BCUT2D eigenvalue weighted by molar-refractivity contribution is -0.335. The highest BCUT2D eigenvalue weighted by atomic mass is 17.1. The molecule has 1 atom stereocenters. The van der Waals surface area contributed by atoms with E-state index in [0.29, 0.717) is 6.42 Å². The molecule has 0 bridgehead atoms. The van der Waals surface area contributed by atoms with Crippen LogP contribution < -0.4 is 0 Å². The van der Waals surface area contributed by atoms with Gasteiger partial charge in [0.2, 0.25) is 0 Å². The first kappa shape index (κ1) is 15.2. The average molecular weight is 276 g/mol. The quantitative estimate of drug-likeness (QED) is 0.507. The van der Waals surface area contributed by atoms with Crippen LogP contribution >= 0.6 is 0 Å². The number of fused-ring (bicyclic) bond motifs is 1. The minimum Gasteiger partial charge on any atom is -0.295 e. The van der Waals surface area contributed by atoms with Crippen LogP contribution in [0.2, 0.25) is 0 Å². The third-order valence-corrected chi connectivity index (χ3v) is 4.86. The van der Waals surface area contributed by atoms with Crippen LogP contribution in [0.25, 0.3) is 0 Å². The van der Waals surface area contributed by atoms with Crippen molar-refractivity contribution in [3.8, 4) is 0 Å². The largest absolute Gasteiger partial charge is 0.295 e. The maximum atomic E-state index is 11.8. The van der Waals surface area contributed by atoms with Gasteiger partial charge in [0.05, 0.1) is 0 Å². The molecule has 0 fully saturated rings. The van der Waals surface area contributed by atoms with E-state index in [2.05, 4.69) is 19.9 Å². The minimum absolute atomic E-state index is 0.0343. The summed E-state index contributed by atoms with van der Waals surface area (Å²) in [5, 5.41) is 9.47. The number of benzene rings is 1. The van der Waals surface area contributed by atoms with Gasteiger partial charge < -0.3 is 0 Å². The van der Waals surface area contributed by atoms with Gasteiger partial charge in [0, 0.05) is 5.56 Å². The number of hydrogen-bond donors (Lipinski definition) is 1. The normalized spacial score (nSPS) is 24.3. The van der Waals surface area contributed by atoms with Crippen molar-refractivity contribution in [3.63, 3.8) is 0 Å². The van der Waals surface area contributed by atoms with Gasteiger partial charge in [-0.05, 0) is 61.3 Å². The van der Waals surface area contributed by atoms with E-state index < -0.39 is 5.60 Å². The molecule has 1 aliphatic carbocycles. The van der Waals surface area contributed by atoms with Crippen LogP contribution in [0.15, 0.2) is 12.1 Å². The van der Waals surface area contributed by atoms with Crippen molar-refractivity contribution in [3.05, 3.63) is 34.4 Å². The molecule has 0 heterocycles. The fraction of sp³-hybridized carbons (Fsp3) is 0.588. The van der Waals surface area contributed by atoms with Crippen molar-refractivity contribution in [2.75, 3.05) is 0 Å². The summed E-state index contributed by atoms with van der Waals surface area (Å²) < 4.78 is 0. The summed E-state index contributed by atoms with van der Waals surface area (Å²) >= 11 is 0. The van der Waals surface area contributed by atoms with E-state index in [1.165, 1.54) is 5.56 Å². The minimum atomic E-state index is -0.678. The zero-order valence-electron chi connectivity index (χ0n) is 13.0. The second-order valence-corrected chi connectivity index (χ2v) is 6.59. The Morgan fingerprint density at radius 1 is 1.30 bits per heavy atom. The highest BCUT2D eigenvalue weighted by molar-refractivity contribution is 5.96. The third-order valence-electron chi connectivity index (χ3n) is 4.86. The van der Waals surface area contributed by atoms with Crippen LogP contribution in [-0.2, 0) is 15.9 Å². The van der Waals surface area contributed by atoms with Crippen molar-refractivity contribution in [2.24, 2.45) is 0 Å². The highest BCUT2D eigenvalue weighted by Gasteiger charge is 2.43. The summed E-state index contributed by atoms with van der Waals surface area (Å²) in [4.78, 5) is 16.7. The predicted octanol–water partition coefficient (Wildman–Crippen LogP) is 4.36. The van der Waals surface area contributed by atoms with E-state index >= 15 is 0 Å². The number of hydrogen-bond acceptors (Lipinski definition) is 3. The number of rotatable bonds is 3. The molecule has 0 saturated heterocycles. The monoisotopic (exact) mass is 276 g/mol. The molecule has 1 unspecified atom stereocenters. The molecule has 110 valence electrons. The van der Waals surface area contributed by atoms with Crippen molar-refractivity contribution in [1.29, 1.82) is 0 Å². The maximum Gasteiger partial charge on any atom is 0.160 e. The van der Waals surface area contributed by atoms with Crippen molar-refractivity contribution >= 4 is 5.78 Å². The Morgan fingerprint density at radius 2 is 1.95 bits per heavy atom. The predicted molar refractivity (Wildman–Crippen MR) is 79.1 cm³/mol. The number of carbonyl (C=O) groups is 1. The van der Waals surface area contributed by atoms with Crippen LogP contribution in [0.3, 0.4) is 0 Å². The molecule has 3 nitrogen and oxygen atoms in total. The lowest BCUT2D eigenvalue weighted by Crippen LogP contribution is -2.39. The Labute approximate surface area is 120 Å². The fourth-order valence-corrected chi connectivity index (χ4v) is 3.33. The summed E-state index contributed by atoms with van der Waals surface area (Å²) in [6, 6.07) is 4.02. The van der Waals surface area contributed by atoms with Gasteiger partial charge in [-0.2, -0.15) is 0 Å². The Hall–Kier alpha value is -1.19. The molecule has 20 heavy (non-hydrogen) atoms. The summed E-state index contributed by atoms with van der Waals surface area (Å²) in [5.41, 5.74) is 3.22. The molecular weight excluding hydrogens is 252 g/mol. The number of ketones is 1. The second kappa shape index (κ2) is 4.97. The summed E-state index contributed by atoms with van der Waals surface area (Å²) in [5.74, 6) is 0.0524. The Balaban J connectivity index is 2.75. The molecule has 0 amide bonds. The van der Waals surface area contributed by atoms with Gasteiger partial charge in [-0.3, -0.25) is 10.1 Å². The molecule has 0 aromatic heterocycles. The molecule has 1 aromatic rings. The van der Waals surface area contributed by atoms with E-state index in [1.807, 2.05) is 19.9 Å². The second-order valence-electron chi connectivity index (χ2n) is 6.59. The van der Waals surface area contributed by atoms with Crippen LogP contribution in [0, 0.1) is 6.92 Å². The third kappa shape index (κ3) is 2.19. The van der Waals surface area contributed by atoms with Gasteiger partial charge >= 0.3 is 0 Å². The topological polar surface area (TPSA) is 46.5 Å². The van der Waals surface area contributed by atoms with Gasteiger partial charge in [0.1, 0.15) is 5.60 Å². The molecule has 0 saturated carbocycles. The summed E-state index contributed by atoms with van der Waals surface area (Å²) in [7, 11) is 0. The molecule has 0 aliphatic heterocycles. The average Bonchev–Trinajstić information content (AvgIpc) is 2.39. The molecule has 1 aliphatic rings. The Bertz CT molecular complexity index is 539. The Kier molecular flexibility index (Phi) is 3.78. The lowest BCUT2D eigenvalue weighted by Gasteiger charge is -2.43. The lowest BCUT2D eigenvalue weighted by atomic mass is 9.65. The number of aryl methyl sites for hydroxylation is 1. The smallest absolute Gasteiger partial charge is 0.160 e. The SMILES string of the molecule is CCC1(OO)CCC(C)(C)c2cc(C)c(C(C)=O)cc21. The fourth-order valence-electron chi connectivity index (χ4n) is 3.33. The molecule has 1 N–H and O–H groups in total. The summed E-state index contributed by atoms with van der Waals surface area (Å²) in [6.07, 6.45) is 2.40. The number of carbonyl (C=O) groups excluding carboxylic acids is 1. The standard InChI is InChI=1S/C17H24O3/c1-6-17(20-19)8-7-16(4,5)14-9-11(2)13(12(3)18)10-15(14)17/h9-10,19H,6-8H2,1-5H3. The maximum absolute atomic E-state index is 11.8. The molecule has 3 heteroatoms. The van der Waals surface area contributed by atoms with Gasteiger partial charge in [-0.25, -0.2) is 4.89 Å². The van der Waals surface area contributed by atoms with Gasteiger partial charge in [-0.1, -0.05) is 26.8 Å². The van der Waals surface area contributed by atoms with Crippen LogP contribution in [0.4, 0.5) is 0 Å².